The molecule has 0 saturated heterocycles. The number of aliphatic hydroxyl groups is 1. The molecule has 0 radical (unpaired) electrons. The predicted octanol–water partition coefficient (Wildman–Crippen LogP) is 8.03. The molecule has 2 fully saturated rings. The van der Waals surface area contributed by atoms with Crippen LogP contribution in [0.3, 0.4) is 0 Å². The van der Waals surface area contributed by atoms with Crippen molar-refractivity contribution in [1.82, 2.24) is 4.90 Å². The maximum Gasteiger partial charge on any atom is 0.256 e. The number of allylic oxidation sites excluding steroid dienone is 2. The van der Waals surface area contributed by atoms with Crippen molar-refractivity contribution >= 4 is 5.91 Å². The number of fused-ring (bicyclic) bond motifs is 4. The van der Waals surface area contributed by atoms with Gasteiger partial charge in [0.05, 0.1) is 11.7 Å². The van der Waals surface area contributed by atoms with Gasteiger partial charge in [-0.3, -0.25) is 4.79 Å². The molecule has 4 aliphatic carbocycles. The Bertz CT molecular complexity index is 1130. The number of amides is 1. The van der Waals surface area contributed by atoms with Crippen molar-refractivity contribution in [2.75, 3.05) is 13.6 Å². The highest BCUT2D eigenvalue weighted by molar-refractivity contribution is 5.94. The number of rotatable bonds is 5. The van der Waals surface area contributed by atoms with E-state index in [2.05, 4.69) is 41.5 Å². The van der Waals surface area contributed by atoms with Crippen LogP contribution in [0, 0.1) is 45.2 Å². The first kappa shape index (κ1) is 27.9. The highest BCUT2D eigenvalue weighted by Crippen LogP contribution is 2.72. The third kappa shape index (κ3) is 3.94. The first-order valence-electron chi connectivity index (χ1n) is 15.2. The van der Waals surface area contributed by atoms with Gasteiger partial charge in [-0.25, -0.2) is 4.39 Å². The molecule has 7 atom stereocenters. The fraction of sp³-hybridized carbons (Fsp3) is 0.735. The van der Waals surface area contributed by atoms with Gasteiger partial charge in [-0.15, -0.1) is 0 Å². The molecule has 38 heavy (non-hydrogen) atoms. The summed E-state index contributed by atoms with van der Waals surface area (Å²) in [6.45, 7) is 15.3. The van der Waals surface area contributed by atoms with E-state index in [1.54, 1.807) is 41.3 Å². The van der Waals surface area contributed by atoms with E-state index >= 15 is 0 Å². The lowest BCUT2D eigenvalue weighted by Gasteiger charge is -2.62. The van der Waals surface area contributed by atoms with Crippen LogP contribution in [0.4, 0.5) is 4.39 Å². The third-order valence-electron chi connectivity index (χ3n) is 12.9. The van der Waals surface area contributed by atoms with Gasteiger partial charge in [0.15, 0.2) is 0 Å². The van der Waals surface area contributed by atoms with Crippen LogP contribution < -0.4 is 0 Å². The molecule has 1 aromatic rings. The van der Waals surface area contributed by atoms with Crippen molar-refractivity contribution in [2.24, 2.45) is 39.4 Å². The van der Waals surface area contributed by atoms with E-state index in [4.69, 9.17) is 0 Å². The van der Waals surface area contributed by atoms with Gasteiger partial charge in [-0.2, -0.15) is 0 Å². The lowest BCUT2D eigenvalue weighted by Crippen LogP contribution is -2.55. The zero-order chi connectivity index (χ0) is 27.7. The quantitative estimate of drug-likeness (QED) is 0.397. The smallest absolute Gasteiger partial charge is 0.256 e. The van der Waals surface area contributed by atoms with E-state index in [9.17, 15) is 14.3 Å². The van der Waals surface area contributed by atoms with E-state index in [1.807, 2.05) is 0 Å². The molecular weight excluding hydrogens is 473 g/mol. The van der Waals surface area contributed by atoms with Crippen LogP contribution in [0.5, 0.6) is 0 Å². The number of carbonyl (C=O) groups is 1. The van der Waals surface area contributed by atoms with Gasteiger partial charge in [0.1, 0.15) is 5.82 Å². The Balaban J connectivity index is 1.34. The fourth-order valence-electron chi connectivity index (χ4n) is 10.2. The average Bonchev–Trinajstić information content (AvgIpc) is 3.16. The maximum atomic E-state index is 14.2. The van der Waals surface area contributed by atoms with Crippen LogP contribution in [0.25, 0.3) is 0 Å². The van der Waals surface area contributed by atoms with Crippen LogP contribution in [-0.4, -0.2) is 35.6 Å². The number of carbonyl (C=O) groups excluding carboxylic acids is 1. The lowest BCUT2D eigenvalue weighted by molar-refractivity contribution is -0.0962. The van der Waals surface area contributed by atoms with Crippen molar-refractivity contribution in [2.45, 2.75) is 105 Å². The molecule has 2 saturated carbocycles. The molecule has 4 heteroatoms. The molecule has 0 aliphatic heterocycles. The van der Waals surface area contributed by atoms with Gasteiger partial charge in [-0.05, 0) is 109 Å². The molecule has 0 spiro atoms. The van der Waals surface area contributed by atoms with Gasteiger partial charge in [0.2, 0.25) is 0 Å². The summed E-state index contributed by atoms with van der Waals surface area (Å²) in [4.78, 5) is 14.6. The Morgan fingerprint density at radius 1 is 1.03 bits per heavy atom. The number of hydrogen-bond donors (Lipinski definition) is 1. The monoisotopic (exact) mass is 523 g/mol. The number of aliphatic hydroxyl groups excluding tert-OH is 1. The summed E-state index contributed by atoms with van der Waals surface area (Å²) in [7, 11) is 1.81. The summed E-state index contributed by atoms with van der Waals surface area (Å²) >= 11 is 0. The second-order valence-electron chi connectivity index (χ2n) is 14.7. The SMILES string of the molecule is C[C@H](CCN(C)C(=O)c1ccccc1F)[C@H]1CC[C@@]2(C)C3=C(CC[C@]12C)[C@@]1(C)CC[C@H](O)C(C)(C)[C@@H]1CC3. The van der Waals surface area contributed by atoms with Crippen molar-refractivity contribution in [3.63, 3.8) is 0 Å². The first-order chi connectivity index (χ1) is 17.8. The molecule has 0 unspecified atom stereocenters. The Kier molecular flexibility index (Phi) is 6.94. The summed E-state index contributed by atoms with van der Waals surface area (Å²) in [5, 5.41) is 10.9. The summed E-state index contributed by atoms with van der Waals surface area (Å²) in [6, 6.07) is 6.30. The van der Waals surface area contributed by atoms with E-state index in [1.165, 1.54) is 44.6 Å². The highest BCUT2D eigenvalue weighted by Gasteiger charge is 2.63. The first-order valence-corrected chi connectivity index (χ1v) is 15.2. The fourth-order valence-corrected chi connectivity index (χ4v) is 10.2. The topological polar surface area (TPSA) is 40.5 Å². The normalized spacial score (nSPS) is 38.7. The molecule has 4 aliphatic rings. The van der Waals surface area contributed by atoms with Gasteiger partial charge in [0.25, 0.3) is 5.91 Å². The largest absolute Gasteiger partial charge is 0.393 e. The molecular formula is C34H50FNO2. The molecule has 0 aromatic heterocycles. The Morgan fingerprint density at radius 3 is 2.45 bits per heavy atom. The van der Waals surface area contributed by atoms with E-state index in [-0.39, 0.29) is 39.2 Å². The molecule has 1 aromatic carbocycles. The predicted molar refractivity (Wildman–Crippen MR) is 152 cm³/mol. The Hall–Kier alpha value is -1.68. The number of hydrogen-bond acceptors (Lipinski definition) is 2. The van der Waals surface area contributed by atoms with Crippen LogP contribution in [-0.2, 0) is 0 Å². The average molecular weight is 524 g/mol. The van der Waals surface area contributed by atoms with Crippen LogP contribution in [0.1, 0.15) is 110 Å². The van der Waals surface area contributed by atoms with Crippen LogP contribution in [0.2, 0.25) is 0 Å². The second-order valence-corrected chi connectivity index (χ2v) is 14.7. The maximum absolute atomic E-state index is 14.2. The Labute approximate surface area is 230 Å². The molecule has 1 amide bonds. The summed E-state index contributed by atoms with van der Waals surface area (Å²) < 4.78 is 14.2. The molecule has 0 bridgehead atoms. The van der Waals surface area contributed by atoms with Crippen molar-refractivity contribution in [3.8, 4) is 0 Å². The van der Waals surface area contributed by atoms with E-state index < -0.39 is 5.82 Å². The molecule has 210 valence electrons. The number of benzene rings is 1. The minimum atomic E-state index is -0.443. The second kappa shape index (κ2) is 9.46. The van der Waals surface area contributed by atoms with Crippen molar-refractivity contribution in [1.29, 1.82) is 0 Å². The van der Waals surface area contributed by atoms with Gasteiger partial charge >= 0.3 is 0 Å². The zero-order valence-electron chi connectivity index (χ0n) is 24.9. The summed E-state index contributed by atoms with van der Waals surface area (Å²) in [5.41, 5.74) is 4.41. The highest BCUT2D eigenvalue weighted by atomic mass is 19.1. The van der Waals surface area contributed by atoms with Crippen molar-refractivity contribution in [3.05, 3.63) is 46.8 Å². The number of halogens is 1. The zero-order valence-corrected chi connectivity index (χ0v) is 24.9. The standard InChI is InChI=1S/C34H50FNO2/c1-22(17-21-36(7)30(38)23-10-8-9-11-27(23)35)24-14-19-34(6)26-12-13-28-31(2,3)29(37)16-18-32(28,4)25(26)15-20-33(24,34)5/h8-11,22,24,28-29,37H,12-21H2,1-7H3/t22-,24-,28+,29+,32-,33-,34+/m1/s1. The van der Waals surface area contributed by atoms with Gasteiger partial charge < -0.3 is 10.0 Å². The number of nitrogens with zero attached hydrogens (tertiary/aromatic N) is 1. The molecule has 1 N–H and O–H groups in total. The van der Waals surface area contributed by atoms with Crippen LogP contribution in [0.15, 0.2) is 35.4 Å². The van der Waals surface area contributed by atoms with E-state index in [0.29, 0.717) is 24.3 Å². The van der Waals surface area contributed by atoms with Crippen LogP contribution >= 0.6 is 0 Å². The third-order valence-corrected chi connectivity index (χ3v) is 12.9. The van der Waals surface area contributed by atoms with Gasteiger partial charge in [0, 0.05) is 13.6 Å². The Morgan fingerprint density at radius 2 is 1.74 bits per heavy atom. The van der Waals surface area contributed by atoms with Crippen molar-refractivity contribution < 1.29 is 14.3 Å². The summed E-state index contributed by atoms with van der Waals surface area (Å²) in [5.74, 6) is 1.03. The molecule has 5 rings (SSSR count). The minimum Gasteiger partial charge on any atom is -0.393 e. The van der Waals surface area contributed by atoms with E-state index in [0.717, 1.165) is 19.3 Å². The summed E-state index contributed by atoms with van der Waals surface area (Å²) in [6.07, 6.45) is 10.2. The molecule has 3 nitrogen and oxygen atoms in total. The minimum absolute atomic E-state index is 0.0218. The van der Waals surface area contributed by atoms with Gasteiger partial charge in [-0.1, -0.05) is 64.8 Å². The molecule has 0 heterocycles. The lowest BCUT2D eigenvalue weighted by atomic mass is 9.43.